The van der Waals surface area contributed by atoms with E-state index in [0.29, 0.717) is 19.9 Å². The van der Waals surface area contributed by atoms with Crippen molar-refractivity contribution in [1.82, 2.24) is 10.6 Å². The van der Waals surface area contributed by atoms with Gasteiger partial charge in [-0.05, 0) is 25.0 Å². The topological polar surface area (TPSA) is 187 Å². The van der Waals surface area contributed by atoms with Gasteiger partial charge in [-0.1, -0.05) is 12.8 Å². The molecule has 0 aromatic carbocycles. The zero-order valence-electron chi connectivity index (χ0n) is 22.3. The minimum atomic E-state index is -0.949. The number of nitrogens with zero attached hydrogens (tertiary/aromatic N) is 1. The molecule has 0 bridgehead atoms. The summed E-state index contributed by atoms with van der Waals surface area (Å²) in [7, 11) is 0. The van der Waals surface area contributed by atoms with Crippen molar-refractivity contribution in [2.45, 2.75) is 50.1 Å². The van der Waals surface area contributed by atoms with Gasteiger partial charge in [0, 0.05) is 53.7 Å². The van der Waals surface area contributed by atoms with Gasteiger partial charge in [-0.25, -0.2) is 0 Å². The van der Waals surface area contributed by atoms with Gasteiger partial charge in [0.1, 0.15) is 0 Å². The monoisotopic (exact) mass is 606 g/mol. The van der Waals surface area contributed by atoms with Gasteiger partial charge in [0.2, 0.25) is 5.91 Å². The quantitative estimate of drug-likeness (QED) is 0.157. The first-order valence-electron chi connectivity index (χ1n) is 13.6. The summed E-state index contributed by atoms with van der Waals surface area (Å²) in [6.07, 6.45) is 2.75. The van der Waals surface area contributed by atoms with Crippen molar-refractivity contribution >= 4 is 59.3 Å². The lowest BCUT2D eigenvalue weighted by atomic mass is 9.91. The van der Waals surface area contributed by atoms with Crippen molar-refractivity contribution in [3.05, 3.63) is 33.8 Å². The molecule has 2 unspecified atom stereocenters. The Kier molecular flexibility index (Phi) is 9.71. The fraction of sp³-hybridized carbons (Fsp3) is 0.538. The Labute approximate surface area is 245 Å². The highest BCUT2D eigenvalue weighted by atomic mass is 32.1. The molecule has 2 aliphatic rings. The molecule has 1 amide bonds. The molecule has 1 aliphatic carbocycles. The van der Waals surface area contributed by atoms with Crippen LogP contribution in [0.5, 0.6) is 0 Å². The summed E-state index contributed by atoms with van der Waals surface area (Å²) in [5.74, 6) is -1.44. The molecular formula is C26H38N8O3S3. The second kappa shape index (κ2) is 13.2. The second-order valence-electron chi connectivity index (χ2n) is 10.3. The number of amides is 1. The van der Waals surface area contributed by atoms with Crippen molar-refractivity contribution in [3.63, 3.8) is 0 Å². The van der Waals surface area contributed by atoms with E-state index in [-0.39, 0.29) is 17.5 Å². The predicted molar refractivity (Wildman–Crippen MR) is 166 cm³/mol. The molecule has 1 saturated carbocycles. The molecule has 5 rings (SSSR count). The first kappa shape index (κ1) is 29.4. The fourth-order valence-electron chi connectivity index (χ4n) is 5.31. The van der Waals surface area contributed by atoms with Gasteiger partial charge in [0.25, 0.3) is 0 Å². The maximum Gasteiger partial charge on any atom is 0.226 e. The average Bonchev–Trinajstić information content (AvgIpc) is 3.57. The van der Waals surface area contributed by atoms with Crippen LogP contribution in [-0.4, -0.2) is 63.3 Å². The van der Waals surface area contributed by atoms with E-state index in [4.69, 9.17) is 27.7 Å². The smallest absolute Gasteiger partial charge is 0.226 e. The van der Waals surface area contributed by atoms with Crippen LogP contribution in [0.3, 0.4) is 0 Å². The third-order valence-electron chi connectivity index (χ3n) is 7.53. The van der Waals surface area contributed by atoms with Gasteiger partial charge < -0.3 is 43.2 Å². The van der Waals surface area contributed by atoms with Crippen LogP contribution >= 0.6 is 34.0 Å². The first-order chi connectivity index (χ1) is 19.3. The van der Waals surface area contributed by atoms with Crippen molar-refractivity contribution < 1.29 is 9.53 Å². The molecular weight excluding hydrogens is 569 g/mol. The molecule has 0 radical (unpaired) electrons. The van der Waals surface area contributed by atoms with Crippen LogP contribution in [-0.2, 0) is 9.53 Å². The van der Waals surface area contributed by atoms with E-state index in [9.17, 15) is 9.59 Å². The minimum Gasteiger partial charge on any atom is -0.378 e. The van der Waals surface area contributed by atoms with E-state index in [0.717, 1.165) is 68.6 Å². The van der Waals surface area contributed by atoms with Crippen LogP contribution in [0.25, 0.3) is 19.8 Å². The van der Waals surface area contributed by atoms with Crippen LogP contribution < -0.4 is 49.2 Å². The molecule has 4 heterocycles. The number of hydrogen-bond donors (Lipinski definition) is 7. The number of morpholine rings is 1. The number of primary amides is 1. The molecule has 4 atom stereocenters. The highest BCUT2D eigenvalue weighted by Gasteiger charge is 2.31. The third-order valence-corrected chi connectivity index (χ3v) is 10.9. The van der Waals surface area contributed by atoms with Gasteiger partial charge in [-0.3, -0.25) is 14.9 Å². The summed E-state index contributed by atoms with van der Waals surface area (Å²) in [5.41, 5.74) is 25.0. The van der Waals surface area contributed by atoms with Crippen LogP contribution in [0.4, 0.5) is 10.0 Å². The lowest BCUT2D eigenvalue weighted by Crippen LogP contribution is -2.60. The summed E-state index contributed by atoms with van der Waals surface area (Å²) in [4.78, 5) is 28.5. The normalized spacial score (nSPS) is 21.6. The number of fused-ring (bicyclic) bond motifs is 1. The Hall–Kier alpha value is -2.14. The highest BCUT2D eigenvalue weighted by molar-refractivity contribution is 7.29. The number of ether oxygens (including phenoxy) is 1. The zero-order chi connectivity index (χ0) is 28.2. The summed E-state index contributed by atoms with van der Waals surface area (Å²) in [5, 5.41) is 14.0. The predicted octanol–water partition coefficient (Wildman–Crippen LogP) is 1.38. The number of carbonyl (C=O) groups is 1. The van der Waals surface area contributed by atoms with Crippen molar-refractivity contribution in [2.75, 3.05) is 43.2 Å². The first-order valence-corrected chi connectivity index (χ1v) is 16.1. The lowest BCUT2D eigenvalue weighted by molar-refractivity contribution is -0.123. The molecule has 3 aromatic heterocycles. The molecule has 218 valence electrons. The Morgan fingerprint density at radius 2 is 1.90 bits per heavy atom. The maximum atomic E-state index is 12.9. The van der Waals surface area contributed by atoms with E-state index >= 15 is 0 Å². The molecule has 1 saturated heterocycles. The number of carbonyl (C=O) groups excluding carboxylic acids is 1. The van der Waals surface area contributed by atoms with Gasteiger partial charge in [0.05, 0.1) is 50.9 Å². The largest absolute Gasteiger partial charge is 0.378 e. The van der Waals surface area contributed by atoms with E-state index < -0.39 is 24.2 Å². The van der Waals surface area contributed by atoms with Gasteiger partial charge in [-0.2, -0.15) is 0 Å². The third kappa shape index (κ3) is 6.66. The SMILES string of the molecule is NC(=O)C(C(N)N)C(NCN[C@H]1CCCC[C@H]1N)Nc1ccc(-c2csc3c(=O)cc(N4CCOCC4)sc23)s1. The van der Waals surface area contributed by atoms with Crippen LogP contribution in [0, 0.1) is 5.92 Å². The van der Waals surface area contributed by atoms with E-state index in [1.807, 2.05) is 17.5 Å². The summed E-state index contributed by atoms with van der Waals surface area (Å²) in [6.45, 7) is 3.28. The maximum absolute atomic E-state index is 12.9. The van der Waals surface area contributed by atoms with Gasteiger partial charge >= 0.3 is 0 Å². The number of nitrogens with one attached hydrogen (secondary N) is 3. The Morgan fingerprint density at radius 3 is 2.62 bits per heavy atom. The summed E-state index contributed by atoms with van der Waals surface area (Å²) in [6, 6.07) is 6.02. The van der Waals surface area contributed by atoms with Gasteiger partial charge in [-0.15, -0.1) is 34.0 Å². The molecule has 14 heteroatoms. The van der Waals surface area contributed by atoms with E-state index in [1.165, 1.54) is 22.7 Å². The number of rotatable bonds is 11. The Morgan fingerprint density at radius 1 is 1.12 bits per heavy atom. The molecule has 1 aliphatic heterocycles. The summed E-state index contributed by atoms with van der Waals surface area (Å²) >= 11 is 4.64. The zero-order valence-corrected chi connectivity index (χ0v) is 24.7. The average molecular weight is 607 g/mol. The lowest BCUT2D eigenvalue weighted by Gasteiger charge is -2.33. The molecule has 11 N–H and O–H groups in total. The summed E-state index contributed by atoms with van der Waals surface area (Å²) < 4.78 is 7.22. The molecule has 2 fully saturated rings. The molecule has 0 spiro atoms. The fourth-order valence-corrected chi connectivity index (χ4v) is 8.79. The van der Waals surface area contributed by atoms with E-state index in [2.05, 4.69) is 20.9 Å². The van der Waals surface area contributed by atoms with E-state index in [1.54, 1.807) is 17.4 Å². The number of hydrogen-bond acceptors (Lipinski definition) is 13. The standard InChI is InChI=1S/C26H38N8O3S3/c27-15-3-1-2-4-16(15)31-13-32-26(21(24(28)29)25(30)36)33-19-6-5-18(39-19)14-12-38-23-17(35)11-20(40-22(14)23)34-7-9-37-10-8-34/h5-6,11-12,15-16,21,24,26,31-33H,1-4,7-10,13,27-29H2,(H2,30,36)/t15-,16+,21?,26?/m1/s1. The van der Waals surface area contributed by atoms with Crippen molar-refractivity contribution in [3.8, 4) is 10.4 Å². The Balaban J connectivity index is 1.35. The van der Waals surface area contributed by atoms with Crippen LogP contribution in [0.1, 0.15) is 25.7 Å². The number of thiophene rings is 2. The van der Waals surface area contributed by atoms with Crippen LogP contribution in [0.15, 0.2) is 28.4 Å². The van der Waals surface area contributed by atoms with Gasteiger partial charge in [0.15, 0.2) is 5.43 Å². The number of anilines is 2. The molecule has 40 heavy (non-hydrogen) atoms. The minimum absolute atomic E-state index is 0.0390. The van der Waals surface area contributed by atoms with Crippen molar-refractivity contribution in [1.29, 1.82) is 0 Å². The highest BCUT2D eigenvalue weighted by Crippen LogP contribution is 2.42. The van der Waals surface area contributed by atoms with Crippen LogP contribution in [0.2, 0.25) is 0 Å². The molecule has 3 aromatic rings. The van der Waals surface area contributed by atoms with Crippen molar-refractivity contribution in [2.24, 2.45) is 28.9 Å². The number of nitrogens with two attached hydrogens (primary N) is 4. The molecule has 11 nitrogen and oxygen atoms in total. The Bertz CT molecular complexity index is 1350. The second-order valence-corrected chi connectivity index (χ2v) is 13.3.